The number of hydrogen-bond acceptors (Lipinski definition) is 2. The van der Waals surface area contributed by atoms with Gasteiger partial charge in [-0.15, -0.1) is 0 Å². The highest BCUT2D eigenvalue weighted by molar-refractivity contribution is 4.92. The third-order valence-corrected chi connectivity index (χ3v) is 6.09. The molecule has 0 aromatic heterocycles. The van der Waals surface area contributed by atoms with E-state index in [0.29, 0.717) is 5.41 Å². The Kier molecular flexibility index (Phi) is 4.72. The van der Waals surface area contributed by atoms with Gasteiger partial charge in [-0.1, -0.05) is 26.7 Å². The first-order chi connectivity index (χ1) is 9.67. The number of rotatable bonds is 5. The van der Waals surface area contributed by atoms with Gasteiger partial charge in [-0.2, -0.15) is 0 Å². The van der Waals surface area contributed by atoms with E-state index in [1.807, 2.05) is 0 Å². The Balaban J connectivity index is 1.50. The molecule has 1 N–H and O–H groups in total. The molecule has 2 aliphatic heterocycles. The van der Waals surface area contributed by atoms with E-state index in [9.17, 15) is 0 Å². The first kappa shape index (κ1) is 14.8. The SMILES string of the molecule is CC(C)CC1(CNC2CCN3CCCC3C2)CCCC1. The molecule has 0 amide bonds. The van der Waals surface area contributed by atoms with Crippen molar-refractivity contribution in [3.63, 3.8) is 0 Å². The summed E-state index contributed by atoms with van der Waals surface area (Å²) < 4.78 is 0. The van der Waals surface area contributed by atoms with E-state index in [0.717, 1.165) is 18.0 Å². The fourth-order valence-corrected chi connectivity index (χ4v) is 5.21. The van der Waals surface area contributed by atoms with Gasteiger partial charge in [0, 0.05) is 18.6 Å². The maximum Gasteiger partial charge on any atom is 0.0111 e. The van der Waals surface area contributed by atoms with Crippen LogP contribution in [0.1, 0.15) is 71.6 Å². The summed E-state index contributed by atoms with van der Waals surface area (Å²) in [5.74, 6) is 0.853. The Hall–Kier alpha value is -0.0800. The third kappa shape index (κ3) is 3.39. The molecule has 3 aliphatic rings. The van der Waals surface area contributed by atoms with Crippen LogP contribution in [0, 0.1) is 11.3 Å². The molecular weight excluding hydrogens is 244 g/mol. The lowest BCUT2D eigenvalue weighted by molar-refractivity contribution is 0.148. The van der Waals surface area contributed by atoms with Gasteiger partial charge in [-0.25, -0.2) is 0 Å². The van der Waals surface area contributed by atoms with Crippen LogP contribution >= 0.6 is 0 Å². The maximum absolute atomic E-state index is 4.00. The van der Waals surface area contributed by atoms with Crippen LogP contribution in [-0.4, -0.2) is 36.6 Å². The topological polar surface area (TPSA) is 15.3 Å². The lowest BCUT2D eigenvalue weighted by Gasteiger charge is -2.38. The Bertz CT molecular complexity index is 307. The molecule has 3 rings (SSSR count). The second kappa shape index (κ2) is 6.36. The van der Waals surface area contributed by atoms with Crippen LogP contribution in [0.5, 0.6) is 0 Å². The van der Waals surface area contributed by atoms with Crippen molar-refractivity contribution in [2.45, 2.75) is 83.7 Å². The summed E-state index contributed by atoms with van der Waals surface area (Å²) in [5, 5.41) is 4.00. The van der Waals surface area contributed by atoms with Gasteiger partial charge in [-0.3, -0.25) is 0 Å². The lowest BCUT2D eigenvalue weighted by atomic mass is 9.78. The minimum Gasteiger partial charge on any atom is -0.313 e. The normalized spacial score (nSPS) is 33.8. The Morgan fingerprint density at radius 2 is 1.90 bits per heavy atom. The van der Waals surface area contributed by atoms with E-state index in [-0.39, 0.29) is 0 Å². The van der Waals surface area contributed by atoms with Gasteiger partial charge < -0.3 is 10.2 Å². The average molecular weight is 278 g/mol. The summed E-state index contributed by atoms with van der Waals surface area (Å²) in [6.07, 6.45) is 13.0. The molecule has 20 heavy (non-hydrogen) atoms. The monoisotopic (exact) mass is 278 g/mol. The van der Waals surface area contributed by atoms with E-state index < -0.39 is 0 Å². The van der Waals surface area contributed by atoms with E-state index >= 15 is 0 Å². The van der Waals surface area contributed by atoms with Crippen molar-refractivity contribution in [2.24, 2.45) is 11.3 Å². The van der Waals surface area contributed by atoms with Crippen molar-refractivity contribution in [3.8, 4) is 0 Å². The zero-order chi connectivity index (χ0) is 14.0. The van der Waals surface area contributed by atoms with Gasteiger partial charge in [0.15, 0.2) is 0 Å². The predicted molar refractivity (Wildman–Crippen MR) is 86.0 cm³/mol. The number of piperidine rings is 1. The van der Waals surface area contributed by atoms with Crippen LogP contribution in [0.3, 0.4) is 0 Å². The predicted octanol–water partition coefficient (Wildman–Crippen LogP) is 3.81. The summed E-state index contributed by atoms with van der Waals surface area (Å²) in [5.41, 5.74) is 0.640. The number of hydrogen-bond donors (Lipinski definition) is 1. The summed E-state index contributed by atoms with van der Waals surface area (Å²) >= 11 is 0. The minimum absolute atomic E-state index is 0.640. The molecule has 2 unspecified atom stereocenters. The van der Waals surface area contributed by atoms with Crippen LogP contribution < -0.4 is 5.32 Å². The van der Waals surface area contributed by atoms with Crippen LogP contribution in [0.15, 0.2) is 0 Å². The van der Waals surface area contributed by atoms with Gasteiger partial charge in [0.25, 0.3) is 0 Å². The van der Waals surface area contributed by atoms with Gasteiger partial charge >= 0.3 is 0 Å². The van der Waals surface area contributed by atoms with E-state index in [1.165, 1.54) is 77.4 Å². The molecule has 3 fully saturated rings. The molecule has 0 aromatic rings. The highest BCUT2D eigenvalue weighted by Crippen LogP contribution is 2.43. The van der Waals surface area contributed by atoms with E-state index in [2.05, 4.69) is 24.1 Å². The molecule has 2 atom stereocenters. The van der Waals surface area contributed by atoms with Crippen LogP contribution in [0.2, 0.25) is 0 Å². The van der Waals surface area contributed by atoms with Crippen molar-refractivity contribution in [1.29, 1.82) is 0 Å². The minimum atomic E-state index is 0.640. The third-order valence-electron chi connectivity index (χ3n) is 6.09. The number of nitrogens with zero attached hydrogens (tertiary/aromatic N) is 1. The molecule has 0 radical (unpaired) electrons. The second-order valence-electron chi connectivity index (χ2n) is 8.24. The van der Waals surface area contributed by atoms with Crippen molar-refractivity contribution in [3.05, 3.63) is 0 Å². The molecule has 116 valence electrons. The molecule has 2 heterocycles. The fourth-order valence-electron chi connectivity index (χ4n) is 5.21. The molecule has 0 spiro atoms. The average Bonchev–Trinajstić information content (AvgIpc) is 3.04. The zero-order valence-corrected chi connectivity index (χ0v) is 13.7. The lowest BCUT2D eigenvalue weighted by Crippen LogP contribution is -2.48. The van der Waals surface area contributed by atoms with Crippen LogP contribution in [-0.2, 0) is 0 Å². The van der Waals surface area contributed by atoms with Crippen molar-refractivity contribution < 1.29 is 0 Å². The summed E-state index contributed by atoms with van der Waals surface area (Å²) in [6, 6.07) is 1.71. The number of fused-ring (bicyclic) bond motifs is 1. The molecule has 2 saturated heterocycles. The maximum atomic E-state index is 4.00. The molecule has 0 aromatic carbocycles. The van der Waals surface area contributed by atoms with Gasteiger partial charge in [0.2, 0.25) is 0 Å². The van der Waals surface area contributed by atoms with Crippen LogP contribution in [0.25, 0.3) is 0 Å². The highest BCUT2D eigenvalue weighted by atomic mass is 15.2. The van der Waals surface area contributed by atoms with Gasteiger partial charge in [-0.05, 0) is 69.4 Å². The van der Waals surface area contributed by atoms with Gasteiger partial charge in [0.1, 0.15) is 0 Å². The second-order valence-corrected chi connectivity index (χ2v) is 8.24. The molecule has 2 heteroatoms. The largest absolute Gasteiger partial charge is 0.313 e. The summed E-state index contributed by atoms with van der Waals surface area (Å²) in [7, 11) is 0. The molecule has 1 aliphatic carbocycles. The molecule has 0 bridgehead atoms. The molecule has 1 saturated carbocycles. The summed E-state index contributed by atoms with van der Waals surface area (Å²) in [4.78, 5) is 2.73. The Morgan fingerprint density at radius 1 is 1.10 bits per heavy atom. The van der Waals surface area contributed by atoms with E-state index in [1.54, 1.807) is 0 Å². The fraction of sp³-hybridized carbons (Fsp3) is 1.00. The zero-order valence-electron chi connectivity index (χ0n) is 13.7. The first-order valence-corrected chi connectivity index (χ1v) is 9.14. The molecular formula is C18H34N2. The Labute approximate surface area is 125 Å². The van der Waals surface area contributed by atoms with Crippen LogP contribution in [0.4, 0.5) is 0 Å². The molecule has 2 nitrogen and oxygen atoms in total. The summed E-state index contributed by atoms with van der Waals surface area (Å²) in [6.45, 7) is 8.81. The van der Waals surface area contributed by atoms with Crippen molar-refractivity contribution >= 4 is 0 Å². The first-order valence-electron chi connectivity index (χ1n) is 9.14. The van der Waals surface area contributed by atoms with Crippen molar-refractivity contribution in [1.82, 2.24) is 10.2 Å². The highest BCUT2D eigenvalue weighted by Gasteiger charge is 2.36. The quantitative estimate of drug-likeness (QED) is 0.822. The smallest absolute Gasteiger partial charge is 0.0111 e. The number of nitrogens with one attached hydrogen (secondary N) is 1. The van der Waals surface area contributed by atoms with Crippen molar-refractivity contribution in [2.75, 3.05) is 19.6 Å². The van der Waals surface area contributed by atoms with E-state index in [4.69, 9.17) is 0 Å². The van der Waals surface area contributed by atoms with Gasteiger partial charge in [0.05, 0.1) is 0 Å². The standard InChI is InChI=1S/C18H34N2/c1-15(2)13-18(8-3-4-9-18)14-19-16-7-11-20-10-5-6-17(20)12-16/h15-17,19H,3-14H2,1-2H3. The Morgan fingerprint density at radius 3 is 2.65 bits per heavy atom.